The first-order chi connectivity index (χ1) is 14.4. The number of aryl methyl sites for hydroxylation is 1. The minimum atomic E-state index is -0.253. The van der Waals surface area contributed by atoms with Crippen LogP contribution in [0.4, 0.5) is 0 Å². The van der Waals surface area contributed by atoms with Crippen LogP contribution in [0.5, 0.6) is 0 Å². The lowest BCUT2D eigenvalue weighted by molar-refractivity contribution is 0.0924. The second kappa shape index (κ2) is 8.10. The average Bonchev–Trinajstić information content (AvgIpc) is 3.31. The summed E-state index contributed by atoms with van der Waals surface area (Å²) >= 11 is 0. The Morgan fingerprint density at radius 3 is 2.53 bits per heavy atom. The number of nitrogens with zero attached hydrogens (tertiary/aromatic N) is 4. The average molecular weight is 403 g/mol. The molecule has 0 saturated heterocycles. The highest BCUT2D eigenvalue weighted by Crippen LogP contribution is 2.23. The molecule has 0 radical (unpaired) electrons. The first-order valence-corrected chi connectivity index (χ1v) is 10.2. The molecule has 7 nitrogen and oxygen atoms in total. The van der Waals surface area contributed by atoms with Crippen molar-refractivity contribution in [3.63, 3.8) is 0 Å². The first kappa shape index (κ1) is 19.8. The zero-order valence-electron chi connectivity index (χ0n) is 17.7. The second-order valence-corrected chi connectivity index (χ2v) is 8.07. The number of imidazole rings is 1. The van der Waals surface area contributed by atoms with E-state index in [0.29, 0.717) is 17.3 Å². The Bertz CT molecular complexity index is 1140. The summed E-state index contributed by atoms with van der Waals surface area (Å²) < 4.78 is 1.69. The standard InChI is InChI=1S/C23H26N6O/c1-14(2)13-20(22-24-18-7-5-6-8-19(18)25-22)26-23(30)21-16(4)29(28-27-21)17-11-9-15(3)10-12-17/h5-12,14,20H,13H2,1-4H3,(H,24,25)(H,26,30). The van der Waals surface area contributed by atoms with Crippen LogP contribution in [0.3, 0.4) is 0 Å². The van der Waals surface area contributed by atoms with E-state index in [1.54, 1.807) is 4.68 Å². The van der Waals surface area contributed by atoms with E-state index in [-0.39, 0.29) is 11.9 Å². The van der Waals surface area contributed by atoms with Crippen LogP contribution in [0.25, 0.3) is 16.7 Å². The SMILES string of the molecule is Cc1ccc(-n2nnc(C(=O)NC(CC(C)C)c3nc4ccccc4[nH]3)c2C)cc1. The molecule has 4 rings (SSSR count). The third kappa shape index (κ3) is 3.96. The first-order valence-electron chi connectivity index (χ1n) is 10.2. The van der Waals surface area contributed by atoms with E-state index >= 15 is 0 Å². The number of hydrogen-bond donors (Lipinski definition) is 2. The van der Waals surface area contributed by atoms with Gasteiger partial charge in [-0.15, -0.1) is 5.10 Å². The molecule has 1 unspecified atom stereocenters. The minimum Gasteiger partial charge on any atom is -0.341 e. The molecule has 0 saturated carbocycles. The number of fused-ring (bicyclic) bond motifs is 1. The lowest BCUT2D eigenvalue weighted by Gasteiger charge is -2.18. The molecule has 4 aromatic rings. The summed E-state index contributed by atoms with van der Waals surface area (Å²) in [5.41, 5.74) is 4.90. The second-order valence-electron chi connectivity index (χ2n) is 8.07. The predicted octanol–water partition coefficient (Wildman–Crippen LogP) is 4.28. The van der Waals surface area contributed by atoms with Crippen molar-refractivity contribution in [1.29, 1.82) is 0 Å². The van der Waals surface area contributed by atoms with Crippen molar-refractivity contribution < 1.29 is 4.79 Å². The number of benzene rings is 2. The van der Waals surface area contributed by atoms with Crippen LogP contribution < -0.4 is 5.32 Å². The maximum absolute atomic E-state index is 13.1. The highest BCUT2D eigenvalue weighted by molar-refractivity contribution is 5.93. The summed E-state index contributed by atoms with van der Waals surface area (Å²) in [4.78, 5) is 21.1. The minimum absolute atomic E-state index is 0.242. The molecular weight excluding hydrogens is 376 g/mol. The van der Waals surface area contributed by atoms with Crippen molar-refractivity contribution in [2.75, 3.05) is 0 Å². The number of carbonyl (C=O) groups is 1. The number of H-pyrrole nitrogens is 1. The van der Waals surface area contributed by atoms with Crippen molar-refractivity contribution in [2.45, 2.75) is 40.2 Å². The number of para-hydroxylation sites is 2. The summed E-state index contributed by atoms with van der Waals surface area (Å²) in [7, 11) is 0. The fraction of sp³-hybridized carbons (Fsp3) is 0.304. The number of rotatable bonds is 6. The number of nitrogens with one attached hydrogen (secondary N) is 2. The number of hydrogen-bond acceptors (Lipinski definition) is 4. The lowest BCUT2D eigenvalue weighted by Crippen LogP contribution is -2.31. The van der Waals surface area contributed by atoms with Gasteiger partial charge in [-0.2, -0.15) is 0 Å². The Hall–Kier alpha value is -3.48. The van der Waals surface area contributed by atoms with Gasteiger partial charge in [-0.1, -0.05) is 48.9 Å². The van der Waals surface area contributed by atoms with Crippen molar-refractivity contribution in [3.8, 4) is 5.69 Å². The van der Waals surface area contributed by atoms with Crippen molar-refractivity contribution >= 4 is 16.9 Å². The number of amides is 1. The van der Waals surface area contributed by atoms with Gasteiger partial charge in [-0.25, -0.2) is 9.67 Å². The maximum atomic E-state index is 13.1. The van der Waals surface area contributed by atoms with Crippen LogP contribution in [-0.2, 0) is 0 Å². The molecule has 2 N–H and O–H groups in total. The van der Waals surface area contributed by atoms with E-state index < -0.39 is 0 Å². The van der Waals surface area contributed by atoms with Gasteiger partial charge in [-0.3, -0.25) is 4.79 Å². The van der Waals surface area contributed by atoms with Gasteiger partial charge in [0.2, 0.25) is 0 Å². The van der Waals surface area contributed by atoms with Gasteiger partial charge < -0.3 is 10.3 Å². The highest BCUT2D eigenvalue weighted by Gasteiger charge is 2.24. The van der Waals surface area contributed by atoms with Crippen molar-refractivity contribution in [3.05, 3.63) is 71.3 Å². The molecule has 30 heavy (non-hydrogen) atoms. The summed E-state index contributed by atoms with van der Waals surface area (Å²) in [6, 6.07) is 15.6. The molecule has 7 heteroatoms. The van der Waals surface area contributed by atoms with Gasteiger partial charge in [0.05, 0.1) is 28.5 Å². The molecule has 0 aliphatic carbocycles. The monoisotopic (exact) mass is 402 g/mol. The van der Waals surface area contributed by atoms with E-state index in [9.17, 15) is 4.79 Å². The van der Waals surface area contributed by atoms with Crippen LogP contribution in [0.15, 0.2) is 48.5 Å². The molecule has 0 fully saturated rings. The van der Waals surface area contributed by atoms with Crippen LogP contribution in [0.1, 0.15) is 53.9 Å². The molecular formula is C23H26N6O. The highest BCUT2D eigenvalue weighted by atomic mass is 16.2. The zero-order valence-corrected chi connectivity index (χ0v) is 17.7. The van der Waals surface area contributed by atoms with E-state index in [4.69, 9.17) is 0 Å². The quantitative estimate of drug-likeness (QED) is 0.504. The van der Waals surface area contributed by atoms with Gasteiger partial charge in [0.1, 0.15) is 5.82 Å². The largest absolute Gasteiger partial charge is 0.341 e. The molecule has 0 aliphatic rings. The molecule has 0 aliphatic heterocycles. The Morgan fingerprint density at radius 2 is 1.83 bits per heavy atom. The molecule has 2 aromatic carbocycles. The van der Waals surface area contributed by atoms with Crippen molar-refractivity contribution in [1.82, 2.24) is 30.3 Å². The molecule has 2 heterocycles. The van der Waals surface area contributed by atoms with Crippen LogP contribution in [0, 0.1) is 19.8 Å². The fourth-order valence-electron chi connectivity index (χ4n) is 3.54. The van der Waals surface area contributed by atoms with E-state index in [1.807, 2.05) is 62.4 Å². The molecule has 0 spiro atoms. The van der Waals surface area contributed by atoms with Gasteiger partial charge in [-0.05, 0) is 50.5 Å². The lowest BCUT2D eigenvalue weighted by atomic mass is 10.0. The molecule has 1 amide bonds. The van der Waals surface area contributed by atoms with E-state index in [1.165, 1.54) is 0 Å². The number of aromatic nitrogens is 5. The van der Waals surface area contributed by atoms with Crippen molar-refractivity contribution in [2.24, 2.45) is 5.92 Å². The molecule has 0 bridgehead atoms. The topological polar surface area (TPSA) is 88.5 Å². The van der Waals surface area contributed by atoms with E-state index in [2.05, 4.69) is 39.4 Å². The van der Waals surface area contributed by atoms with Gasteiger partial charge in [0.15, 0.2) is 5.69 Å². The molecule has 154 valence electrons. The van der Waals surface area contributed by atoms with E-state index in [0.717, 1.165) is 34.5 Å². The number of carbonyl (C=O) groups excluding carboxylic acids is 1. The summed E-state index contributed by atoms with van der Waals surface area (Å²) in [6.07, 6.45) is 0.761. The summed E-state index contributed by atoms with van der Waals surface area (Å²) in [6.45, 7) is 8.14. The van der Waals surface area contributed by atoms with Gasteiger partial charge in [0.25, 0.3) is 5.91 Å². The Labute approximate surface area is 175 Å². The third-order valence-corrected chi connectivity index (χ3v) is 5.14. The van der Waals surface area contributed by atoms with Gasteiger partial charge in [0, 0.05) is 0 Å². The van der Waals surface area contributed by atoms with Crippen LogP contribution in [0.2, 0.25) is 0 Å². The van der Waals surface area contributed by atoms with Gasteiger partial charge >= 0.3 is 0 Å². The zero-order chi connectivity index (χ0) is 21.3. The Balaban J connectivity index is 1.60. The maximum Gasteiger partial charge on any atom is 0.274 e. The van der Waals surface area contributed by atoms with Crippen LogP contribution >= 0.6 is 0 Å². The third-order valence-electron chi connectivity index (χ3n) is 5.14. The summed E-state index contributed by atoms with van der Waals surface area (Å²) in [5, 5.41) is 11.5. The fourth-order valence-corrected chi connectivity index (χ4v) is 3.54. The van der Waals surface area contributed by atoms with Crippen LogP contribution in [-0.4, -0.2) is 30.9 Å². The Morgan fingerprint density at radius 1 is 1.10 bits per heavy atom. The summed E-state index contributed by atoms with van der Waals surface area (Å²) in [5.74, 6) is 0.881. The Kier molecular flexibility index (Phi) is 5.35. The molecule has 2 aromatic heterocycles. The molecule has 1 atom stereocenters. The normalized spacial score (nSPS) is 12.4. The number of aromatic amines is 1. The predicted molar refractivity (Wildman–Crippen MR) is 117 cm³/mol. The smallest absolute Gasteiger partial charge is 0.274 e.